The molecule has 3 nitrogen and oxygen atoms in total. The lowest BCUT2D eigenvalue weighted by atomic mass is 10.0. The Labute approximate surface area is 228 Å². The van der Waals surface area contributed by atoms with E-state index in [0.29, 0.717) is 0 Å². The summed E-state index contributed by atoms with van der Waals surface area (Å²) in [7, 11) is -2.20. The first-order valence-corrected chi connectivity index (χ1v) is 23.4. The molecule has 0 bridgehead atoms. The molecule has 1 heterocycles. The number of aromatic nitrogens is 1. The molecule has 0 spiro atoms. The number of anilines is 2. The van der Waals surface area contributed by atoms with Gasteiger partial charge in [0.1, 0.15) is 24.7 Å². The molecule has 1 aromatic heterocycles. The normalized spacial score (nSPS) is 12.3. The van der Waals surface area contributed by atoms with Gasteiger partial charge >= 0.3 is 0 Å². The Morgan fingerprint density at radius 2 is 0.946 bits per heavy atom. The maximum absolute atomic E-state index is 4.96. The fourth-order valence-electron chi connectivity index (χ4n) is 4.93. The molecule has 0 fully saturated rings. The molecule has 0 saturated heterocycles. The van der Waals surface area contributed by atoms with E-state index in [-0.39, 0.29) is 0 Å². The number of pyridine rings is 1. The molecular formula is C31H45N3Si3. The van der Waals surface area contributed by atoms with E-state index in [1.807, 2.05) is 18.2 Å². The highest BCUT2D eigenvalue weighted by atomic mass is 28.4. The molecule has 196 valence electrons. The highest BCUT2D eigenvalue weighted by molar-refractivity contribution is 6.99. The van der Waals surface area contributed by atoms with Crippen LogP contribution in [0.1, 0.15) is 22.5 Å². The van der Waals surface area contributed by atoms with E-state index in [0.717, 1.165) is 33.7 Å². The Hall–Kier alpha value is -2.68. The molecule has 3 rings (SSSR count). The van der Waals surface area contributed by atoms with Gasteiger partial charge in [-0.05, 0) is 54.6 Å². The molecule has 0 atom stereocenters. The minimum absolute atomic E-state index is 0.880. The predicted octanol–water partition coefficient (Wildman–Crippen LogP) is 8.95. The van der Waals surface area contributed by atoms with Crippen molar-refractivity contribution in [1.29, 1.82) is 0 Å². The van der Waals surface area contributed by atoms with E-state index in [9.17, 15) is 0 Å². The highest BCUT2D eigenvalue weighted by Gasteiger charge is 2.34. The molecule has 6 heteroatoms. The molecule has 0 saturated carbocycles. The summed E-state index contributed by atoms with van der Waals surface area (Å²) in [6.45, 7) is 30.4. The van der Waals surface area contributed by atoms with Gasteiger partial charge in [-0.15, -0.1) is 0 Å². The van der Waals surface area contributed by atoms with Crippen molar-refractivity contribution in [2.45, 2.75) is 58.9 Å². The van der Waals surface area contributed by atoms with Crippen LogP contribution >= 0.6 is 0 Å². The standard InChI is InChI=1S/C31H45N3Si3/c1-24(26-16-20-28(21-17-26)33(3)35(4,5)6)30-14-13-15-31(32-30)25(2)27-18-22-29(23-19-27)34(36(7,8)9)37(10,11)12/h13-23H,1-2H2,3-12H3. The zero-order valence-corrected chi connectivity index (χ0v) is 27.6. The van der Waals surface area contributed by atoms with Crippen LogP contribution in [0.5, 0.6) is 0 Å². The average molecular weight is 544 g/mol. The van der Waals surface area contributed by atoms with Crippen LogP contribution in [0.2, 0.25) is 58.9 Å². The van der Waals surface area contributed by atoms with Crippen LogP contribution in [-0.2, 0) is 0 Å². The zero-order chi connectivity index (χ0) is 27.8. The second kappa shape index (κ2) is 10.6. The van der Waals surface area contributed by atoms with Crippen molar-refractivity contribution in [1.82, 2.24) is 4.98 Å². The fourth-order valence-corrected chi connectivity index (χ4v) is 15.8. The van der Waals surface area contributed by atoms with Gasteiger partial charge in [0.05, 0.1) is 11.4 Å². The summed E-state index contributed by atoms with van der Waals surface area (Å²) in [5.41, 5.74) is 8.38. The zero-order valence-electron chi connectivity index (χ0n) is 24.6. The van der Waals surface area contributed by atoms with Crippen molar-refractivity contribution >= 4 is 47.2 Å². The monoisotopic (exact) mass is 543 g/mol. The fraction of sp³-hybridized carbons (Fsp3) is 0.323. The summed E-state index contributed by atoms with van der Waals surface area (Å²) in [4.78, 5) is 4.96. The molecule has 0 radical (unpaired) electrons. The van der Waals surface area contributed by atoms with Crippen LogP contribution in [0, 0.1) is 0 Å². The molecule has 2 aromatic carbocycles. The first kappa shape index (κ1) is 28.9. The largest absolute Gasteiger partial charge is 0.425 e. The van der Waals surface area contributed by atoms with Crippen molar-refractivity contribution in [3.63, 3.8) is 0 Å². The lowest BCUT2D eigenvalue weighted by Gasteiger charge is -2.46. The van der Waals surface area contributed by atoms with Crippen molar-refractivity contribution in [3.05, 3.63) is 102 Å². The Morgan fingerprint density at radius 3 is 1.30 bits per heavy atom. The third-order valence-corrected chi connectivity index (χ3v) is 16.3. The van der Waals surface area contributed by atoms with Gasteiger partial charge in [0.25, 0.3) is 0 Å². The van der Waals surface area contributed by atoms with Crippen LogP contribution < -0.4 is 8.80 Å². The van der Waals surface area contributed by atoms with Gasteiger partial charge in [-0.25, -0.2) is 4.98 Å². The van der Waals surface area contributed by atoms with Gasteiger partial charge in [-0.2, -0.15) is 0 Å². The van der Waals surface area contributed by atoms with Gasteiger partial charge in [-0.1, -0.05) is 102 Å². The maximum Gasteiger partial charge on any atom is 0.147 e. The molecule has 0 N–H and O–H groups in total. The molecule has 3 aromatic rings. The van der Waals surface area contributed by atoms with E-state index in [1.165, 1.54) is 11.4 Å². The van der Waals surface area contributed by atoms with Gasteiger partial charge < -0.3 is 8.80 Å². The van der Waals surface area contributed by atoms with Crippen LogP contribution in [-0.4, -0.2) is 36.7 Å². The summed E-state index contributed by atoms with van der Waals surface area (Å²) in [5.74, 6) is 0. The van der Waals surface area contributed by atoms with Gasteiger partial charge in [0.15, 0.2) is 0 Å². The van der Waals surface area contributed by atoms with E-state index in [2.05, 4.69) is 136 Å². The Balaban J connectivity index is 1.83. The van der Waals surface area contributed by atoms with E-state index in [4.69, 9.17) is 4.98 Å². The lowest BCUT2D eigenvalue weighted by Crippen LogP contribution is -2.59. The highest BCUT2D eigenvalue weighted by Crippen LogP contribution is 2.31. The van der Waals surface area contributed by atoms with Crippen molar-refractivity contribution < 1.29 is 0 Å². The minimum atomic E-state index is -1.49. The molecule has 0 aliphatic heterocycles. The van der Waals surface area contributed by atoms with E-state index in [1.54, 1.807) is 0 Å². The molecule has 0 aliphatic rings. The number of hydrogen-bond acceptors (Lipinski definition) is 3. The van der Waals surface area contributed by atoms with Crippen molar-refractivity contribution in [2.75, 3.05) is 15.8 Å². The van der Waals surface area contributed by atoms with Gasteiger partial charge in [0, 0.05) is 22.5 Å². The molecule has 0 unspecified atom stereocenters. The minimum Gasteiger partial charge on any atom is -0.425 e. The van der Waals surface area contributed by atoms with Crippen molar-refractivity contribution in [3.8, 4) is 0 Å². The summed E-state index contributed by atoms with van der Waals surface area (Å²) in [6.07, 6.45) is 0. The lowest BCUT2D eigenvalue weighted by molar-refractivity contribution is 1.23. The smallest absolute Gasteiger partial charge is 0.147 e. The van der Waals surface area contributed by atoms with E-state index >= 15 is 0 Å². The first-order chi connectivity index (χ1) is 17.0. The summed E-state index contributed by atoms with van der Waals surface area (Å²) in [5, 5.41) is 0. The number of hydrogen-bond donors (Lipinski definition) is 0. The Bertz CT molecular complexity index is 1250. The maximum atomic E-state index is 4.96. The van der Waals surface area contributed by atoms with Crippen LogP contribution in [0.4, 0.5) is 11.4 Å². The third-order valence-electron chi connectivity index (χ3n) is 6.79. The number of nitrogens with zero attached hydrogens (tertiary/aromatic N) is 3. The molecule has 0 aliphatic carbocycles. The van der Waals surface area contributed by atoms with Crippen LogP contribution in [0.3, 0.4) is 0 Å². The van der Waals surface area contributed by atoms with Gasteiger partial charge in [-0.3, -0.25) is 0 Å². The Kier molecular flexibility index (Phi) is 8.27. The number of benzene rings is 2. The first-order valence-electron chi connectivity index (χ1n) is 13.1. The second-order valence-electron chi connectivity index (χ2n) is 12.9. The summed E-state index contributed by atoms with van der Waals surface area (Å²) >= 11 is 0. The number of rotatable bonds is 9. The van der Waals surface area contributed by atoms with Crippen LogP contribution in [0.15, 0.2) is 79.9 Å². The van der Waals surface area contributed by atoms with Crippen LogP contribution in [0.25, 0.3) is 11.1 Å². The SMILES string of the molecule is C=C(c1ccc(N(C)[Si](C)(C)C)cc1)c1cccc(C(=C)c2ccc(N([Si](C)(C)C)[Si](C)(C)C)cc2)n1. The summed E-state index contributed by atoms with van der Waals surface area (Å²) < 4.78 is 5.16. The second-order valence-corrected chi connectivity index (χ2v) is 27.9. The quantitative estimate of drug-likeness (QED) is 0.251. The Morgan fingerprint density at radius 1 is 0.568 bits per heavy atom. The van der Waals surface area contributed by atoms with Crippen molar-refractivity contribution in [2.24, 2.45) is 0 Å². The summed E-state index contributed by atoms with van der Waals surface area (Å²) in [6, 6.07) is 23.7. The predicted molar refractivity (Wildman–Crippen MR) is 174 cm³/mol. The van der Waals surface area contributed by atoms with E-state index < -0.39 is 24.7 Å². The molecule has 0 amide bonds. The third kappa shape index (κ3) is 6.80. The topological polar surface area (TPSA) is 19.4 Å². The average Bonchev–Trinajstić information content (AvgIpc) is 2.81. The van der Waals surface area contributed by atoms with Gasteiger partial charge in [0.2, 0.25) is 0 Å². The molecule has 37 heavy (non-hydrogen) atoms. The molecular weight excluding hydrogens is 499 g/mol.